The van der Waals surface area contributed by atoms with E-state index in [4.69, 9.17) is 0 Å². The van der Waals surface area contributed by atoms with Crippen molar-refractivity contribution in [3.63, 3.8) is 0 Å². The van der Waals surface area contributed by atoms with E-state index in [-0.39, 0.29) is 5.91 Å². The summed E-state index contributed by atoms with van der Waals surface area (Å²) in [5.41, 5.74) is 0.690. The van der Waals surface area contributed by atoms with Crippen molar-refractivity contribution in [2.24, 2.45) is 17.8 Å². The molecule has 1 aliphatic carbocycles. The largest absolute Gasteiger partial charge is 0.338 e. The Labute approximate surface area is 135 Å². The first-order valence-corrected chi connectivity index (χ1v) is 8.26. The smallest absolute Gasteiger partial charge is 0.255 e. The van der Waals surface area contributed by atoms with Crippen LogP contribution >= 0.6 is 0 Å². The lowest BCUT2D eigenvalue weighted by atomic mass is 9.90. The predicted octanol–water partition coefficient (Wildman–Crippen LogP) is 2.21. The molecule has 2 aliphatic rings. The molecule has 3 heterocycles. The topological polar surface area (TPSA) is 59.0 Å². The maximum Gasteiger partial charge on any atom is 0.255 e. The first kappa shape index (κ1) is 14.3. The lowest BCUT2D eigenvalue weighted by Gasteiger charge is -2.20. The number of carbonyl (C=O) groups excluding carboxylic acids is 1. The number of carbonyl (C=O) groups is 1. The average Bonchev–Trinajstić information content (AvgIpc) is 3.18. The molecule has 0 aromatic carbocycles. The van der Waals surface area contributed by atoms with E-state index in [1.165, 1.54) is 12.8 Å². The van der Waals surface area contributed by atoms with Crippen LogP contribution in [0.25, 0.3) is 0 Å². The zero-order valence-electron chi connectivity index (χ0n) is 13.0. The van der Waals surface area contributed by atoms with Crippen LogP contribution in [0.2, 0.25) is 0 Å². The Hall–Kier alpha value is -2.30. The van der Waals surface area contributed by atoms with E-state index in [0.29, 0.717) is 23.3 Å². The summed E-state index contributed by atoms with van der Waals surface area (Å²) in [4.78, 5) is 27.4. The van der Waals surface area contributed by atoms with E-state index in [0.717, 1.165) is 25.3 Å². The van der Waals surface area contributed by atoms with Gasteiger partial charge in [-0.1, -0.05) is 0 Å². The molecule has 2 aromatic heterocycles. The fraction of sp³-hybridized carbons (Fsp3) is 0.444. The Bertz CT molecular complexity index is 676. The van der Waals surface area contributed by atoms with Gasteiger partial charge in [-0.05, 0) is 48.8 Å². The van der Waals surface area contributed by atoms with Gasteiger partial charge in [0.2, 0.25) is 0 Å². The number of hydrogen-bond donors (Lipinski definition) is 0. The van der Waals surface area contributed by atoms with Gasteiger partial charge in [0, 0.05) is 44.3 Å². The number of likely N-dealkylation sites (tertiary alicyclic amines) is 1. The molecule has 1 aliphatic heterocycles. The van der Waals surface area contributed by atoms with Crippen LogP contribution in [0.5, 0.6) is 0 Å². The lowest BCUT2D eigenvalue weighted by molar-refractivity contribution is 0.0776. The number of fused-ring (bicyclic) bond motifs is 1. The highest BCUT2D eigenvalue weighted by Gasteiger charge is 2.44. The summed E-state index contributed by atoms with van der Waals surface area (Å²) in [5.74, 6) is 2.84. The Morgan fingerprint density at radius 2 is 2.00 bits per heavy atom. The highest BCUT2D eigenvalue weighted by Crippen LogP contribution is 2.43. The zero-order chi connectivity index (χ0) is 15.6. The SMILES string of the molecule is O=C(c1cccnc1)N1C[C@H]2CC[C@H](Cc3ncccn3)[C@H]2C1. The van der Waals surface area contributed by atoms with E-state index in [1.807, 2.05) is 35.5 Å². The molecular formula is C18H20N4O. The van der Waals surface area contributed by atoms with Gasteiger partial charge in [0.25, 0.3) is 5.91 Å². The Balaban J connectivity index is 1.44. The van der Waals surface area contributed by atoms with Gasteiger partial charge in [0.15, 0.2) is 0 Å². The predicted molar refractivity (Wildman–Crippen MR) is 85.6 cm³/mol. The van der Waals surface area contributed by atoms with Gasteiger partial charge in [-0.25, -0.2) is 9.97 Å². The van der Waals surface area contributed by atoms with Crippen LogP contribution in [0.3, 0.4) is 0 Å². The summed E-state index contributed by atoms with van der Waals surface area (Å²) >= 11 is 0. The lowest BCUT2D eigenvalue weighted by Crippen LogP contribution is -2.30. The van der Waals surface area contributed by atoms with Crippen LogP contribution in [-0.4, -0.2) is 38.8 Å². The van der Waals surface area contributed by atoms with Gasteiger partial charge < -0.3 is 4.90 Å². The van der Waals surface area contributed by atoms with Gasteiger partial charge in [-0.3, -0.25) is 9.78 Å². The highest BCUT2D eigenvalue weighted by molar-refractivity contribution is 5.94. The maximum absolute atomic E-state index is 12.6. The fourth-order valence-corrected chi connectivity index (χ4v) is 4.14. The number of pyridine rings is 1. The molecule has 23 heavy (non-hydrogen) atoms. The van der Waals surface area contributed by atoms with Gasteiger partial charge >= 0.3 is 0 Å². The van der Waals surface area contributed by atoms with Crippen LogP contribution in [-0.2, 0) is 6.42 Å². The molecule has 0 spiro atoms. The van der Waals surface area contributed by atoms with Crippen molar-refractivity contribution in [1.82, 2.24) is 19.9 Å². The first-order chi connectivity index (χ1) is 11.3. The third-order valence-corrected chi connectivity index (χ3v) is 5.27. The number of nitrogens with zero attached hydrogens (tertiary/aromatic N) is 4. The molecule has 118 valence electrons. The van der Waals surface area contributed by atoms with Crippen molar-refractivity contribution in [2.75, 3.05) is 13.1 Å². The summed E-state index contributed by atoms with van der Waals surface area (Å²) in [7, 11) is 0. The molecule has 0 bridgehead atoms. The van der Waals surface area contributed by atoms with Crippen LogP contribution in [0, 0.1) is 17.8 Å². The van der Waals surface area contributed by atoms with Gasteiger partial charge in [-0.15, -0.1) is 0 Å². The number of rotatable bonds is 3. The summed E-state index contributed by atoms with van der Waals surface area (Å²) in [5, 5.41) is 0. The van der Waals surface area contributed by atoms with E-state index in [2.05, 4.69) is 15.0 Å². The molecule has 1 amide bonds. The first-order valence-electron chi connectivity index (χ1n) is 8.26. The maximum atomic E-state index is 12.6. The van der Waals surface area contributed by atoms with Crippen molar-refractivity contribution in [1.29, 1.82) is 0 Å². The van der Waals surface area contributed by atoms with Crippen LogP contribution in [0.15, 0.2) is 43.0 Å². The van der Waals surface area contributed by atoms with Crippen molar-refractivity contribution < 1.29 is 4.79 Å². The van der Waals surface area contributed by atoms with E-state index >= 15 is 0 Å². The summed E-state index contributed by atoms with van der Waals surface area (Å²) in [6.45, 7) is 1.74. The molecule has 4 rings (SSSR count). The molecule has 0 radical (unpaired) electrons. The quantitative estimate of drug-likeness (QED) is 0.872. The minimum atomic E-state index is 0.113. The molecule has 1 saturated heterocycles. The summed E-state index contributed by atoms with van der Waals surface area (Å²) < 4.78 is 0. The number of amides is 1. The second kappa shape index (κ2) is 6.07. The van der Waals surface area contributed by atoms with Crippen molar-refractivity contribution in [3.05, 3.63) is 54.4 Å². The van der Waals surface area contributed by atoms with Crippen LogP contribution in [0.1, 0.15) is 29.0 Å². The van der Waals surface area contributed by atoms with E-state index < -0.39 is 0 Å². The van der Waals surface area contributed by atoms with Crippen LogP contribution < -0.4 is 0 Å². The molecule has 0 unspecified atom stereocenters. The van der Waals surface area contributed by atoms with Crippen LogP contribution in [0.4, 0.5) is 0 Å². The third kappa shape index (κ3) is 2.83. The fourth-order valence-electron chi connectivity index (χ4n) is 4.14. The third-order valence-electron chi connectivity index (χ3n) is 5.27. The number of aromatic nitrogens is 3. The Morgan fingerprint density at radius 1 is 1.13 bits per heavy atom. The Morgan fingerprint density at radius 3 is 2.78 bits per heavy atom. The zero-order valence-corrected chi connectivity index (χ0v) is 13.0. The molecule has 3 atom stereocenters. The summed E-state index contributed by atoms with van der Waals surface area (Å²) in [6.07, 6.45) is 10.3. The minimum Gasteiger partial charge on any atom is -0.338 e. The van der Waals surface area contributed by atoms with Gasteiger partial charge in [0.1, 0.15) is 5.82 Å². The van der Waals surface area contributed by atoms with E-state index in [9.17, 15) is 4.79 Å². The second-order valence-corrected chi connectivity index (χ2v) is 6.58. The monoisotopic (exact) mass is 308 g/mol. The molecule has 2 fully saturated rings. The Kier molecular flexibility index (Phi) is 3.77. The van der Waals surface area contributed by atoms with Crippen molar-refractivity contribution >= 4 is 5.91 Å². The normalized spacial score (nSPS) is 26.3. The molecule has 5 nitrogen and oxygen atoms in total. The molecule has 0 N–H and O–H groups in total. The molecule has 1 saturated carbocycles. The minimum absolute atomic E-state index is 0.113. The standard InChI is InChI=1S/C18H20N4O/c23-18(14-3-1-6-19-10-14)22-11-15-5-4-13(16(15)12-22)9-17-20-7-2-8-21-17/h1-3,6-8,10,13,15-16H,4-5,9,11-12H2/t13-,15-,16-/m1/s1. The summed E-state index contributed by atoms with van der Waals surface area (Å²) in [6, 6.07) is 5.52. The van der Waals surface area contributed by atoms with Crippen molar-refractivity contribution in [2.45, 2.75) is 19.3 Å². The molecule has 5 heteroatoms. The van der Waals surface area contributed by atoms with Crippen molar-refractivity contribution in [3.8, 4) is 0 Å². The second-order valence-electron chi connectivity index (χ2n) is 6.58. The van der Waals surface area contributed by atoms with Gasteiger partial charge in [0.05, 0.1) is 5.56 Å². The average molecular weight is 308 g/mol. The highest BCUT2D eigenvalue weighted by atomic mass is 16.2. The van der Waals surface area contributed by atoms with Gasteiger partial charge in [-0.2, -0.15) is 0 Å². The number of hydrogen-bond acceptors (Lipinski definition) is 4. The van der Waals surface area contributed by atoms with E-state index in [1.54, 1.807) is 12.4 Å². The molecular weight excluding hydrogens is 288 g/mol. The molecule has 2 aromatic rings.